The van der Waals surface area contributed by atoms with Gasteiger partial charge in [0.2, 0.25) is 0 Å². The van der Waals surface area contributed by atoms with Crippen LogP contribution in [-0.2, 0) is 25.6 Å². The molecule has 0 aliphatic heterocycles. The zero-order valence-electron chi connectivity index (χ0n) is 2.51. The van der Waals surface area contributed by atoms with E-state index in [9.17, 15) is 0 Å². The van der Waals surface area contributed by atoms with Crippen LogP contribution in [0, 0.1) is 0 Å². The molecule has 0 aliphatic rings. The molecule has 7 heteroatoms. The summed E-state index contributed by atoms with van der Waals surface area (Å²) in [6.45, 7) is 0. The number of rotatable bonds is 0. The second-order valence-electron chi connectivity index (χ2n) is 0.513. The van der Waals surface area contributed by atoms with Crippen LogP contribution in [0.5, 0.6) is 0 Å². The van der Waals surface area contributed by atoms with E-state index < -0.39 is 7.82 Å². The van der Waals surface area contributed by atoms with Crippen molar-refractivity contribution in [1.82, 2.24) is 0 Å². The van der Waals surface area contributed by atoms with Gasteiger partial charge in [0.15, 0.2) is 17.4 Å². The summed E-state index contributed by atoms with van der Waals surface area (Å²) in [6.07, 6.45) is 0. The fourth-order valence-electron chi connectivity index (χ4n) is 0. The number of phosphoric acid groups is 1. The maximum Gasteiger partial charge on any atom is 0.466 e. The zero-order valence-corrected chi connectivity index (χ0v) is 5.68. The van der Waals surface area contributed by atoms with E-state index in [-0.39, 0.29) is 38.4 Å². The third kappa shape index (κ3) is 118. The predicted molar refractivity (Wildman–Crippen MR) is 24.2 cm³/mol. The van der Waals surface area contributed by atoms with Gasteiger partial charge in [0.25, 0.3) is 0 Å². The van der Waals surface area contributed by atoms with Gasteiger partial charge in [-0.15, -0.1) is 0 Å². The van der Waals surface area contributed by atoms with Crippen LogP contribution in [0.1, 0.15) is 0 Å². The normalized spacial score (nSPS) is 8.43. The van der Waals surface area contributed by atoms with Gasteiger partial charge in [-0.1, -0.05) is 0 Å². The molecule has 0 rings (SSSR count). The second-order valence-corrected chi connectivity index (χ2v) is 1.54. The Bertz CT molecular complexity index is 57.8. The van der Waals surface area contributed by atoms with Crippen molar-refractivity contribution >= 4 is 25.2 Å². The van der Waals surface area contributed by atoms with Crippen molar-refractivity contribution in [2.75, 3.05) is 0 Å². The van der Waals surface area contributed by atoms with Crippen molar-refractivity contribution in [3.8, 4) is 0 Å². The molecule has 0 saturated heterocycles. The van der Waals surface area contributed by atoms with Gasteiger partial charge in [-0.3, -0.25) is 0 Å². The molecule has 0 bridgehead atoms. The molecule has 0 radical (unpaired) electrons. The van der Waals surface area contributed by atoms with Crippen molar-refractivity contribution in [3.63, 3.8) is 0 Å². The van der Waals surface area contributed by atoms with Crippen molar-refractivity contribution < 1.29 is 40.3 Å². The fraction of sp³-hybridized carbons (Fsp3) is 0. The first-order chi connectivity index (χ1) is 2.00. The minimum atomic E-state index is -4.64. The van der Waals surface area contributed by atoms with Crippen LogP contribution in [0.15, 0.2) is 0 Å². The Labute approximate surface area is 65.6 Å². The zero-order chi connectivity index (χ0) is 4.50. The van der Waals surface area contributed by atoms with Crippen LogP contribution in [0.2, 0.25) is 0 Å². The molecular weight excluding hydrogens is 317 g/mol. The van der Waals surface area contributed by atoms with Crippen LogP contribution >= 0.6 is 7.82 Å². The van der Waals surface area contributed by atoms with Gasteiger partial charge in [-0.25, -0.2) is 4.57 Å². The first-order valence-corrected chi connectivity index (χ1v) is 2.35. The molecule has 48 valence electrons. The summed E-state index contributed by atoms with van der Waals surface area (Å²) < 4.78 is 8.88. The van der Waals surface area contributed by atoms with E-state index in [1.165, 1.54) is 0 Å². The van der Waals surface area contributed by atoms with Gasteiger partial charge in [0.05, 0.1) is 0 Å². The average Bonchev–Trinajstić information content (AvgIpc) is 0.722. The number of hydrogen-bond acceptors (Lipinski definition) is 1. The Kier molecular flexibility index (Phi) is 12.3. The standard InChI is InChI=1S/Al.H3O4P.Pt.3H/c;1-5(2,3)4;;;;/h;(H3,1,2,3,4);;;;. The van der Waals surface area contributed by atoms with E-state index in [1.54, 1.807) is 0 Å². The molecule has 0 saturated carbocycles. The first kappa shape index (κ1) is 15.8. The summed E-state index contributed by atoms with van der Waals surface area (Å²) in [5, 5.41) is 0. The average molecular weight is 323 g/mol. The molecule has 0 aromatic rings. The molecule has 0 amide bonds. The Morgan fingerprint density at radius 3 is 1.14 bits per heavy atom. The molecule has 0 heterocycles. The summed E-state index contributed by atoms with van der Waals surface area (Å²) in [7, 11) is -4.64. The molecule has 0 spiro atoms. The minimum Gasteiger partial charge on any atom is -0.303 e. The predicted octanol–water partition coefficient (Wildman–Crippen LogP) is -2.12. The van der Waals surface area contributed by atoms with Gasteiger partial charge in [0.1, 0.15) is 0 Å². The summed E-state index contributed by atoms with van der Waals surface area (Å²) in [4.78, 5) is 21.6. The molecule has 4 nitrogen and oxygen atoms in total. The fourth-order valence-corrected chi connectivity index (χ4v) is 0. The summed E-state index contributed by atoms with van der Waals surface area (Å²) >= 11 is 0. The summed E-state index contributed by atoms with van der Waals surface area (Å²) in [5.74, 6) is 0. The van der Waals surface area contributed by atoms with E-state index in [0.717, 1.165) is 0 Å². The molecule has 0 unspecified atom stereocenters. The number of hydrogen-bond donors (Lipinski definition) is 3. The van der Waals surface area contributed by atoms with E-state index in [4.69, 9.17) is 19.2 Å². The third-order valence-electron chi connectivity index (χ3n) is 0. The summed E-state index contributed by atoms with van der Waals surface area (Å²) in [6, 6.07) is 0. The van der Waals surface area contributed by atoms with Crippen LogP contribution in [-0.4, -0.2) is 32.0 Å². The molecule has 0 aromatic carbocycles. The molecule has 0 fully saturated rings. The molecule has 3 N–H and O–H groups in total. The summed E-state index contributed by atoms with van der Waals surface area (Å²) in [5.41, 5.74) is 0. The SMILES string of the molecule is O=P(O)(O)O.[AlH3].[Pt]. The smallest absolute Gasteiger partial charge is 0.303 e. The largest absolute Gasteiger partial charge is 0.466 e. The van der Waals surface area contributed by atoms with Gasteiger partial charge in [-0.2, -0.15) is 0 Å². The van der Waals surface area contributed by atoms with E-state index in [2.05, 4.69) is 0 Å². The maximum atomic E-state index is 8.88. The van der Waals surface area contributed by atoms with Gasteiger partial charge in [0, 0.05) is 21.1 Å². The van der Waals surface area contributed by atoms with E-state index in [0.29, 0.717) is 0 Å². The van der Waals surface area contributed by atoms with Gasteiger partial charge >= 0.3 is 7.82 Å². The monoisotopic (exact) mass is 323 g/mol. The Hall–Kier alpha value is 1.33. The molecule has 0 atom stereocenters. The molecule has 0 aliphatic carbocycles. The topological polar surface area (TPSA) is 77.8 Å². The van der Waals surface area contributed by atoms with Crippen molar-refractivity contribution in [1.29, 1.82) is 0 Å². The van der Waals surface area contributed by atoms with Crippen LogP contribution < -0.4 is 0 Å². The molecular formula is H6AlO4PPt. The second kappa shape index (κ2) is 5.47. The van der Waals surface area contributed by atoms with Crippen LogP contribution in [0.3, 0.4) is 0 Å². The van der Waals surface area contributed by atoms with E-state index >= 15 is 0 Å². The Balaban J connectivity index is -0.0000000800. The Morgan fingerprint density at radius 1 is 1.14 bits per heavy atom. The Morgan fingerprint density at radius 2 is 1.14 bits per heavy atom. The van der Waals surface area contributed by atoms with Crippen LogP contribution in [0.25, 0.3) is 0 Å². The van der Waals surface area contributed by atoms with Crippen LogP contribution in [0.4, 0.5) is 0 Å². The van der Waals surface area contributed by atoms with E-state index in [1.807, 2.05) is 0 Å². The van der Waals surface area contributed by atoms with Crippen molar-refractivity contribution in [2.24, 2.45) is 0 Å². The third-order valence-corrected chi connectivity index (χ3v) is 0. The van der Waals surface area contributed by atoms with Gasteiger partial charge < -0.3 is 14.7 Å². The first-order valence-electron chi connectivity index (χ1n) is 0.783. The van der Waals surface area contributed by atoms with Crippen molar-refractivity contribution in [3.05, 3.63) is 0 Å². The molecule has 7 heavy (non-hydrogen) atoms. The van der Waals surface area contributed by atoms with Crippen molar-refractivity contribution in [2.45, 2.75) is 0 Å². The maximum absolute atomic E-state index is 8.88. The quantitative estimate of drug-likeness (QED) is 0.352. The molecule has 0 aromatic heterocycles. The van der Waals surface area contributed by atoms with Gasteiger partial charge in [-0.05, 0) is 0 Å². The minimum absolute atomic E-state index is 0.